The Labute approximate surface area is 244 Å². The first-order chi connectivity index (χ1) is 20.5. The van der Waals surface area contributed by atoms with E-state index < -0.39 is 35.2 Å². The second kappa shape index (κ2) is 10.9. The van der Waals surface area contributed by atoms with Crippen LogP contribution in [-0.4, -0.2) is 67.3 Å². The molecule has 3 aliphatic rings. The van der Waals surface area contributed by atoms with Crippen LogP contribution in [-0.2, 0) is 15.0 Å². The van der Waals surface area contributed by atoms with Crippen LogP contribution in [0.15, 0.2) is 42.7 Å². The molecule has 2 aromatic carbocycles. The Kier molecular flexibility index (Phi) is 7.37. The first-order valence-corrected chi connectivity index (χ1v) is 13.7. The van der Waals surface area contributed by atoms with Crippen LogP contribution in [0, 0.1) is 11.6 Å². The summed E-state index contributed by atoms with van der Waals surface area (Å²) in [6.07, 6.45) is -2.14. The van der Waals surface area contributed by atoms with Crippen molar-refractivity contribution in [3.63, 3.8) is 0 Å². The molecule has 3 aromatic rings. The number of piperidine rings is 1. The molecular weight excluding hydrogens is 575 g/mol. The average molecular weight is 605 g/mol. The monoisotopic (exact) mass is 604 g/mol. The minimum Gasteiger partial charge on any atom is -0.495 e. The minimum absolute atomic E-state index is 0.0762. The lowest BCUT2D eigenvalue weighted by Crippen LogP contribution is -2.47. The van der Waals surface area contributed by atoms with Crippen molar-refractivity contribution in [2.75, 3.05) is 55.7 Å². The van der Waals surface area contributed by atoms with E-state index in [1.807, 2.05) is 7.05 Å². The highest BCUT2D eigenvalue weighted by molar-refractivity contribution is 6.01. The van der Waals surface area contributed by atoms with Crippen LogP contribution in [0.2, 0.25) is 0 Å². The summed E-state index contributed by atoms with van der Waals surface area (Å²) in [5, 5.41) is 4.52. The highest BCUT2D eigenvalue weighted by atomic mass is 19.4. The molecule has 1 atom stereocenters. The highest BCUT2D eigenvalue weighted by Crippen LogP contribution is 2.51. The number of hydrogen-bond acceptors (Lipinski definition) is 8. The molecule has 1 spiro atoms. The van der Waals surface area contributed by atoms with Crippen LogP contribution in [0.5, 0.6) is 5.75 Å². The van der Waals surface area contributed by atoms with Gasteiger partial charge in [0.1, 0.15) is 29.5 Å². The smallest absolute Gasteiger partial charge is 0.471 e. The summed E-state index contributed by atoms with van der Waals surface area (Å²) in [6, 6.07) is 7.46. The average Bonchev–Trinajstić information content (AvgIpc) is 3.57. The van der Waals surface area contributed by atoms with Gasteiger partial charge in [0.25, 0.3) is 0 Å². The molecule has 9 nitrogen and oxygen atoms in total. The number of likely N-dealkylation sites (tertiary alicyclic amines) is 1. The fraction of sp³-hybridized carbons (Fsp3) is 0.414. The quantitative estimate of drug-likeness (QED) is 0.395. The number of aromatic nitrogens is 2. The molecule has 1 aromatic heterocycles. The fourth-order valence-corrected chi connectivity index (χ4v) is 6.20. The lowest BCUT2D eigenvalue weighted by Gasteiger charge is -2.38. The van der Waals surface area contributed by atoms with Gasteiger partial charge in [0.05, 0.1) is 31.1 Å². The molecule has 14 heteroatoms. The van der Waals surface area contributed by atoms with Crippen molar-refractivity contribution in [1.29, 1.82) is 0 Å². The van der Waals surface area contributed by atoms with Crippen molar-refractivity contribution in [1.82, 2.24) is 14.9 Å². The Bertz CT molecular complexity index is 1530. The molecule has 0 saturated carbocycles. The summed E-state index contributed by atoms with van der Waals surface area (Å²) in [4.78, 5) is 29.7. The number of ether oxygens (including phenoxy) is 1. The van der Waals surface area contributed by atoms with E-state index >= 15 is 0 Å². The number of hydrogen-bond donors (Lipinski definition) is 1. The molecule has 3 aliphatic heterocycles. The summed E-state index contributed by atoms with van der Waals surface area (Å²) >= 11 is 0. The molecule has 2 saturated heterocycles. The Morgan fingerprint density at radius 1 is 1.07 bits per heavy atom. The van der Waals surface area contributed by atoms with Crippen LogP contribution in [0.4, 0.5) is 45.0 Å². The number of nitrogens with one attached hydrogen (secondary N) is 1. The molecule has 0 bridgehead atoms. The summed E-state index contributed by atoms with van der Waals surface area (Å²) < 4.78 is 74.5. The van der Waals surface area contributed by atoms with Gasteiger partial charge in [0.15, 0.2) is 5.82 Å². The molecule has 228 valence electrons. The number of carbonyl (C=O) groups excluding carboxylic acids is 1. The normalized spacial score (nSPS) is 20.0. The second-order valence-corrected chi connectivity index (χ2v) is 11.1. The maximum absolute atomic E-state index is 13.9. The van der Waals surface area contributed by atoms with Crippen molar-refractivity contribution in [2.45, 2.75) is 36.9 Å². The van der Waals surface area contributed by atoms with Crippen LogP contribution >= 0.6 is 0 Å². The first kappa shape index (κ1) is 29.1. The number of methoxy groups -OCH3 is 1. The Balaban J connectivity index is 1.34. The topological polar surface area (TPSA) is 83.1 Å². The van der Waals surface area contributed by atoms with Gasteiger partial charge in [-0.1, -0.05) is 0 Å². The number of benzene rings is 2. The van der Waals surface area contributed by atoms with Crippen molar-refractivity contribution in [3.8, 4) is 5.75 Å². The summed E-state index contributed by atoms with van der Waals surface area (Å²) in [7, 11) is 3.41. The maximum atomic E-state index is 13.9. The molecular formula is C29H29F5N6O3. The van der Waals surface area contributed by atoms with Crippen LogP contribution < -0.4 is 20.0 Å². The fourth-order valence-electron chi connectivity index (χ4n) is 6.20. The van der Waals surface area contributed by atoms with E-state index in [0.29, 0.717) is 60.7 Å². The van der Waals surface area contributed by atoms with E-state index in [1.54, 1.807) is 6.07 Å². The van der Waals surface area contributed by atoms with Crippen molar-refractivity contribution < 1.29 is 36.3 Å². The molecule has 1 amide bonds. The van der Waals surface area contributed by atoms with Crippen molar-refractivity contribution >= 4 is 28.9 Å². The molecule has 0 radical (unpaired) electrons. The van der Waals surface area contributed by atoms with Crippen LogP contribution in [0.25, 0.3) is 0 Å². The van der Waals surface area contributed by atoms with E-state index in [9.17, 15) is 26.7 Å². The number of carbonyl (C=O) groups is 1. The predicted molar refractivity (Wildman–Crippen MR) is 147 cm³/mol. The summed E-state index contributed by atoms with van der Waals surface area (Å²) in [6.45, 7) is 1.57. The SMILES string of the molecule is COc1cc2c(cc1Nc1cc(N3OCC[C@@H]3c3cc(F)cc(F)c3)ncn1)N(C(=O)C(F)(F)F)CC21CCN(C)CC1. The van der Waals surface area contributed by atoms with Gasteiger partial charge in [0, 0.05) is 30.5 Å². The third-order valence-electron chi connectivity index (χ3n) is 8.39. The molecule has 1 N–H and O–H groups in total. The van der Waals surface area contributed by atoms with Crippen LogP contribution in [0.1, 0.15) is 36.4 Å². The first-order valence-electron chi connectivity index (χ1n) is 13.7. The zero-order valence-electron chi connectivity index (χ0n) is 23.4. The van der Waals surface area contributed by atoms with Crippen molar-refractivity contribution in [3.05, 3.63) is 65.5 Å². The van der Waals surface area contributed by atoms with Gasteiger partial charge in [-0.25, -0.2) is 23.8 Å². The highest BCUT2D eigenvalue weighted by Gasteiger charge is 2.52. The summed E-state index contributed by atoms with van der Waals surface area (Å²) in [5.74, 6) is -2.43. The number of fused-ring (bicyclic) bond motifs is 2. The molecule has 2 fully saturated rings. The molecule has 0 unspecified atom stereocenters. The molecule has 4 heterocycles. The van der Waals surface area contributed by atoms with E-state index in [1.165, 1.54) is 42.8 Å². The van der Waals surface area contributed by atoms with Gasteiger partial charge < -0.3 is 19.9 Å². The zero-order chi connectivity index (χ0) is 30.5. The van der Waals surface area contributed by atoms with E-state index in [2.05, 4.69) is 20.2 Å². The third kappa shape index (κ3) is 5.44. The lowest BCUT2D eigenvalue weighted by atomic mass is 9.74. The van der Waals surface area contributed by atoms with E-state index in [-0.39, 0.29) is 24.7 Å². The number of halogens is 5. The van der Waals surface area contributed by atoms with Gasteiger partial charge >= 0.3 is 12.1 Å². The summed E-state index contributed by atoms with van der Waals surface area (Å²) in [5.41, 5.74) is 0.845. The van der Waals surface area contributed by atoms with Gasteiger partial charge in [-0.15, -0.1) is 0 Å². The van der Waals surface area contributed by atoms with Gasteiger partial charge in [0.2, 0.25) is 0 Å². The van der Waals surface area contributed by atoms with Crippen molar-refractivity contribution in [2.24, 2.45) is 0 Å². The molecule has 43 heavy (non-hydrogen) atoms. The number of anilines is 4. The Hall–Kier alpha value is -4.04. The predicted octanol–water partition coefficient (Wildman–Crippen LogP) is 5.26. The zero-order valence-corrected chi connectivity index (χ0v) is 23.4. The van der Waals surface area contributed by atoms with Gasteiger partial charge in [-0.3, -0.25) is 9.63 Å². The Morgan fingerprint density at radius 3 is 2.47 bits per heavy atom. The third-order valence-corrected chi connectivity index (χ3v) is 8.39. The minimum atomic E-state index is -5.04. The van der Waals surface area contributed by atoms with E-state index in [4.69, 9.17) is 9.57 Å². The van der Waals surface area contributed by atoms with Crippen LogP contribution in [0.3, 0.4) is 0 Å². The maximum Gasteiger partial charge on any atom is 0.471 e. The lowest BCUT2D eigenvalue weighted by molar-refractivity contribution is -0.170. The standard InChI is InChI=1S/C29H29F5N6O3/c1-38-6-4-28(5-7-38)15-39(27(41)29(32,33)34)23-13-21(24(42-2)12-20(23)28)37-25-14-26(36-16-35-25)40-22(3-8-43-40)17-9-18(30)11-19(31)10-17/h9-14,16,22H,3-8,15H2,1-2H3,(H,35,36,37)/t22-/m1/s1. The number of nitrogens with zero attached hydrogens (tertiary/aromatic N) is 5. The molecule has 6 rings (SSSR count). The van der Waals surface area contributed by atoms with Gasteiger partial charge in [-0.2, -0.15) is 13.2 Å². The van der Waals surface area contributed by atoms with E-state index in [0.717, 1.165) is 11.0 Å². The largest absolute Gasteiger partial charge is 0.495 e. The number of alkyl halides is 3. The Morgan fingerprint density at radius 2 is 1.79 bits per heavy atom. The molecule has 0 aliphatic carbocycles. The number of amides is 1. The second-order valence-electron chi connectivity index (χ2n) is 11.1. The number of rotatable bonds is 5. The number of hydroxylamine groups is 1. The van der Waals surface area contributed by atoms with Gasteiger partial charge in [-0.05, 0) is 68.4 Å².